The van der Waals surface area contributed by atoms with E-state index in [1.54, 1.807) is 44.2 Å². The first-order chi connectivity index (χ1) is 10.5. The second-order valence-corrected chi connectivity index (χ2v) is 5.02. The Kier molecular flexibility index (Phi) is 4.63. The number of amides is 1. The van der Waals surface area contributed by atoms with Crippen LogP contribution in [0.5, 0.6) is 0 Å². The van der Waals surface area contributed by atoms with Crippen molar-refractivity contribution in [2.45, 2.75) is 20.4 Å². The summed E-state index contributed by atoms with van der Waals surface area (Å²) in [4.78, 5) is 27.4. The van der Waals surface area contributed by atoms with Crippen LogP contribution in [0.4, 0.5) is 5.69 Å². The summed E-state index contributed by atoms with van der Waals surface area (Å²) in [5, 5.41) is 15.2. The van der Waals surface area contributed by atoms with Gasteiger partial charge in [-0.1, -0.05) is 13.8 Å². The van der Waals surface area contributed by atoms with Gasteiger partial charge in [-0.25, -0.2) is 9.67 Å². The Balaban J connectivity index is 2.02. The quantitative estimate of drug-likeness (QED) is 0.845. The van der Waals surface area contributed by atoms with Crippen molar-refractivity contribution in [3.05, 3.63) is 42.0 Å². The second-order valence-electron chi connectivity index (χ2n) is 5.02. The lowest BCUT2D eigenvalue weighted by Gasteiger charge is -2.08. The Hall–Kier alpha value is -3.01. The Bertz CT molecular complexity index is 725. The topological polar surface area (TPSA) is 101 Å². The maximum Gasteiger partial charge on any atom is 0.252 e. The molecule has 22 heavy (non-hydrogen) atoms. The van der Waals surface area contributed by atoms with Crippen molar-refractivity contribution in [1.82, 2.24) is 14.8 Å². The molecule has 1 heterocycles. The number of nitriles is 1. The zero-order valence-corrected chi connectivity index (χ0v) is 12.3. The van der Waals surface area contributed by atoms with Crippen LogP contribution in [-0.2, 0) is 11.3 Å². The number of aromatic nitrogens is 3. The lowest BCUT2D eigenvalue weighted by molar-refractivity contribution is -0.118. The predicted octanol–water partition coefficient (Wildman–Crippen LogP) is 1.63. The third kappa shape index (κ3) is 3.76. The molecule has 1 N–H and O–H groups in total. The van der Waals surface area contributed by atoms with Gasteiger partial charge in [0.1, 0.15) is 18.9 Å². The molecule has 112 valence electrons. The molecule has 7 nitrogen and oxygen atoms in total. The van der Waals surface area contributed by atoms with Crippen LogP contribution in [0.3, 0.4) is 0 Å². The SMILES string of the molecule is CC(C)C(=O)Nc1ccc(C(=O)Cn2cnc(C#N)n2)cc1. The summed E-state index contributed by atoms with van der Waals surface area (Å²) in [6.45, 7) is 3.62. The number of hydrogen-bond donors (Lipinski definition) is 1. The highest BCUT2D eigenvalue weighted by Gasteiger charge is 2.10. The van der Waals surface area contributed by atoms with Crippen molar-refractivity contribution in [3.8, 4) is 6.07 Å². The van der Waals surface area contributed by atoms with Gasteiger partial charge in [0.05, 0.1) is 0 Å². The molecule has 7 heteroatoms. The second kappa shape index (κ2) is 6.63. The third-order valence-corrected chi connectivity index (χ3v) is 2.94. The molecule has 0 atom stereocenters. The molecule has 0 spiro atoms. The van der Waals surface area contributed by atoms with Crippen LogP contribution in [0.25, 0.3) is 0 Å². The summed E-state index contributed by atoms with van der Waals surface area (Å²) in [6, 6.07) is 8.43. The Morgan fingerprint density at radius 1 is 1.32 bits per heavy atom. The molecule has 2 rings (SSSR count). The van der Waals surface area contributed by atoms with Crippen LogP contribution >= 0.6 is 0 Å². The minimum atomic E-state index is -0.156. The van der Waals surface area contributed by atoms with E-state index in [1.165, 1.54) is 11.0 Å². The normalized spacial score (nSPS) is 10.3. The van der Waals surface area contributed by atoms with E-state index in [2.05, 4.69) is 15.4 Å². The van der Waals surface area contributed by atoms with Crippen molar-refractivity contribution in [2.24, 2.45) is 5.92 Å². The Morgan fingerprint density at radius 2 is 2.00 bits per heavy atom. The van der Waals surface area contributed by atoms with Gasteiger partial charge in [-0.05, 0) is 24.3 Å². The summed E-state index contributed by atoms with van der Waals surface area (Å²) in [5.41, 5.74) is 1.14. The van der Waals surface area contributed by atoms with Gasteiger partial charge in [-0.15, -0.1) is 5.10 Å². The molecule has 0 aliphatic rings. The molecule has 1 aromatic carbocycles. The third-order valence-electron chi connectivity index (χ3n) is 2.94. The van der Waals surface area contributed by atoms with Gasteiger partial charge in [-0.2, -0.15) is 5.26 Å². The van der Waals surface area contributed by atoms with Crippen LogP contribution in [0, 0.1) is 17.2 Å². The number of nitrogens with zero attached hydrogens (tertiary/aromatic N) is 4. The molecule has 0 unspecified atom stereocenters. The lowest BCUT2D eigenvalue weighted by atomic mass is 10.1. The van der Waals surface area contributed by atoms with Crippen LogP contribution in [0.2, 0.25) is 0 Å². The molecule has 0 aliphatic carbocycles. The number of ketones is 1. The van der Waals surface area contributed by atoms with Crippen LogP contribution < -0.4 is 5.32 Å². The Labute approximate surface area is 127 Å². The molecular formula is C15H15N5O2. The van der Waals surface area contributed by atoms with Gasteiger partial charge in [-0.3, -0.25) is 9.59 Å². The minimum Gasteiger partial charge on any atom is -0.326 e. The number of anilines is 1. The van der Waals surface area contributed by atoms with E-state index < -0.39 is 0 Å². The summed E-state index contributed by atoms with van der Waals surface area (Å²) in [7, 11) is 0. The summed E-state index contributed by atoms with van der Waals surface area (Å²) < 4.78 is 1.31. The van der Waals surface area contributed by atoms with E-state index >= 15 is 0 Å². The summed E-state index contributed by atoms with van der Waals surface area (Å²) in [5.74, 6) is -0.315. The maximum absolute atomic E-state index is 12.1. The van der Waals surface area contributed by atoms with Crippen LogP contribution in [-0.4, -0.2) is 26.5 Å². The van der Waals surface area contributed by atoms with Crippen molar-refractivity contribution < 1.29 is 9.59 Å². The van der Waals surface area contributed by atoms with Gasteiger partial charge in [0.2, 0.25) is 5.91 Å². The first kappa shape index (κ1) is 15.4. The van der Waals surface area contributed by atoms with Crippen molar-refractivity contribution in [2.75, 3.05) is 5.32 Å². The van der Waals surface area contributed by atoms with Gasteiger partial charge >= 0.3 is 0 Å². The molecule has 0 bridgehead atoms. The number of carbonyl (C=O) groups excluding carboxylic acids is 2. The summed E-state index contributed by atoms with van der Waals surface area (Å²) in [6.07, 6.45) is 1.34. The van der Waals surface area contributed by atoms with E-state index in [0.29, 0.717) is 11.3 Å². The molecule has 2 aromatic rings. The first-order valence-corrected chi connectivity index (χ1v) is 6.73. The zero-order valence-electron chi connectivity index (χ0n) is 12.3. The van der Waals surface area contributed by atoms with E-state index in [1.807, 2.05) is 0 Å². The number of hydrogen-bond acceptors (Lipinski definition) is 5. The highest BCUT2D eigenvalue weighted by molar-refractivity contribution is 5.97. The largest absolute Gasteiger partial charge is 0.326 e. The van der Waals surface area contributed by atoms with Crippen molar-refractivity contribution in [3.63, 3.8) is 0 Å². The van der Waals surface area contributed by atoms with Crippen LogP contribution in [0.1, 0.15) is 30.0 Å². The van der Waals surface area contributed by atoms with Gasteiger partial charge in [0.15, 0.2) is 5.78 Å². The molecule has 0 saturated carbocycles. The first-order valence-electron chi connectivity index (χ1n) is 6.73. The van der Waals surface area contributed by atoms with E-state index in [9.17, 15) is 9.59 Å². The highest BCUT2D eigenvalue weighted by Crippen LogP contribution is 2.12. The number of nitrogens with one attached hydrogen (secondary N) is 1. The van der Waals surface area contributed by atoms with E-state index in [4.69, 9.17) is 5.26 Å². The average molecular weight is 297 g/mol. The zero-order chi connectivity index (χ0) is 16.1. The standard InChI is InChI=1S/C15H15N5O2/c1-10(2)15(22)18-12-5-3-11(4-6-12)13(21)8-20-9-17-14(7-16)19-20/h3-6,9-10H,8H2,1-2H3,(H,18,22). The molecule has 0 fully saturated rings. The van der Waals surface area contributed by atoms with Gasteiger partial charge < -0.3 is 5.32 Å². The van der Waals surface area contributed by atoms with Gasteiger partial charge in [0.25, 0.3) is 5.82 Å². The van der Waals surface area contributed by atoms with Crippen molar-refractivity contribution in [1.29, 1.82) is 5.26 Å². The molecular weight excluding hydrogens is 282 g/mol. The molecule has 0 radical (unpaired) electrons. The lowest BCUT2D eigenvalue weighted by Crippen LogP contribution is -2.17. The van der Waals surface area contributed by atoms with E-state index in [-0.39, 0.29) is 30.0 Å². The molecule has 0 saturated heterocycles. The average Bonchev–Trinajstić information content (AvgIpc) is 2.95. The summed E-state index contributed by atoms with van der Waals surface area (Å²) >= 11 is 0. The Morgan fingerprint density at radius 3 is 2.55 bits per heavy atom. The monoisotopic (exact) mass is 297 g/mol. The number of rotatable bonds is 5. The highest BCUT2D eigenvalue weighted by atomic mass is 16.1. The fraction of sp³-hybridized carbons (Fsp3) is 0.267. The van der Waals surface area contributed by atoms with E-state index in [0.717, 1.165) is 0 Å². The molecule has 0 aliphatic heterocycles. The minimum absolute atomic E-state index is 0.00633. The number of carbonyl (C=O) groups is 2. The number of Topliss-reactive ketones (excluding diaryl/α,β-unsaturated/α-hetero) is 1. The maximum atomic E-state index is 12.1. The van der Waals surface area contributed by atoms with Gasteiger partial charge in [0, 0.05) is 17.2 Å². The number of benzene rings is 1. The fourth-order valence-corrected chi connectivity index (χ4v) is 1.69. The van der Waals surface area contributed by atoms with Crippen molar-refractivity contribution >= 4 is 17.4 Å². The fourth-order valence-electron chi connectivity index (χ4n) is 1.69. The van der Waals surface area contributed by atoms with Crippen LogP contribution in [0.15, 0.2) is 30.6 Å². The molecule has 1 amide bonds. The molecule has 1 aromatic heterocycles. The smallest absolute Gasteiger partial charge is 0.252 e. The predicted molar refractivity (Wildman–Crippen MR) is 79.0 cm³/mol.